The fourth-order valence-corrected chi connectivity index (χ4v) is 1.12. The van der Waals surface area contributed by atoms with Crippen LogP contribution < -0.4 is 0 Å². The van der Waals surface area contributed by atoms with E-state index < -0.39 is 0 Å². The van der Waals surface area contributed by atoms with Crippen LogP contribution in [0.5, 0.6) is 0 Å². The van der Waals surface area contributed by atoms with Gasteiger partial charge in [-0.05, 0) is 18.1 Å². The van der Waals surface area contributed by atoms with Gasteiger partial charge < -0.3 is 4.42 Å². The van der Waals surface area contributed by atoms with Crippen molar-refractivity contribution < 1.29 is 4.42 Å². The maximum atomic E-state index is 4.99. The molecule has 2 heteroatoms. The predicted octanol–water partition coefficient (Wildman–Crippen LogP) is 2.40. The molecule has 49 valence electrons. The number of aryl methyl sites for hydroxylation is 1. The van der Waals surface area contributed by atoms with Crippen LogP contribution in [0.1, 0.15) is 11.3 Å². The van der Waals surface area contributed by atoms with Gasteiger partial charge in [0, 0.05) is 12.3 Å². The van der Waals surface area contributed by atoms with Gasteiger partial charge >= 0.3 is 0 Å². The van der Waals surface area contributed by atoms with Crippen LogP contribution in [0.2, 0.25) is 0 Å². The molecule has 1 nitrogen and oxygen atoms in total. The van der Waals surface area contributed by atoms with E-state index in [1.165, 1.54) is 5.56 Å². The van der Waals surface area contributed by atoms with Crippen LogP contribution in [0.15, 0.2) is 16.7 Å². The summed E-state index contributed by atoms with van der Waals surface area (Å²) in [6.07, 6.45) is 2.75. The highest BCUT2D eigenvalue weighted by Crippen LogP contribution is 2.07. The van der Waals surface area contributed by atoms with Crippen LogP contribution in [-0.2, 0) is 6.42 Å². The number of hydrogen-bond acceptors (Lipinski definition) is 1. The van der Waals surface area contributed by atoms with Crippen molar-refractivity contribution in [2.45, 2.75) is 6.42 Å². The summed E-state index contributed by atoms with van der Waals surface area (Å²) in [4.78, 5) is 0. The van der Waals surface area contributed by atoms with Crippen molar-refractivity contribution in [3.63, 3.8) is 0 Å². The Morgan fingerprint density at radius 1 is 1.67 bits per heavy atom. The first kappa shape index (κ1) is 6.87. The van der Waals surface area contributed by atoms with Crippen LogP contribution in [-0.4, -0.2) is 5.33 Å². The molecule has 0 aliphatic rings. The summed E-state index contributed by atoms with van der Waals surface area (Å²) in [5, 5.41) is 0.978. The van der Waals surface area contributed by atoms with Crippen molar-refractivity contribution in [1.29, 1.82) is 0 Å². The monoisotopic (exact) mass is 187 g/mol. The van der Waals surface area contributed by atoms with Crippen molar-refractivity contribution in [3.05, 3.63) is 30.6 Å². The molecule has 1 aromatic heterocycles. The molecule has 0 atom stereocenters. The first-order valence-corrected chi connectivity index (χ1v) is 3.90. The normalized spacial score (nSPS) is 10.0. The Balaban J connectivity index is 2.61. The second-order valence-electron chi connectivity index (χ2n) is 1.86. The van der Waals surface area contributed by atoms with E-state index in [-0.39, 0.29) is 0 Å². The summed E-state index contributed by atoms with van der Waals surface area (Å²) in [5.74, 6) is 0.742. The highest BCUT2D eigenvalue weighted by molar-refractivity contribution is 9.09. The number of furan rings is 1. The lowest BCUT2D eigenvalue weighted by Gasteiger charge is -1.83. The molecule has 1 rings (SSSR count). The topological polar surface area (TPSA) is 13.1 Å². The van der Waals surface area contributed by atoms with Crippen molar-refractivity contribution in [3.8, 4) is 0 Å². The summed E-state index contributed by atoms with van der Waals surface area (Å²) in [6, 6.07) is 1.95. The smallest absolute Gasteiger partial charge is 0.104 e. The maximum absolute atomic E-state index is 4.99. The molecule has 0 fully saturated rings. The highest BCUT2D eigenvalue weighted by atomic mass is 79.9. The van der Waals surface area contributed by atoms with Crippen LogP contribution >= 0.6 is 15.9 Å². The van der Waals surface area contributed by atoms with E-state index in [0.717, 1.165) is 17.5 Å². The number of rotatable bonds is 2. The zero-order valence-corrected chi connectivity index (χ0v) is 6.65. The third-order valence-electron chi connectivity index (χ3n) is 1.09. The lowest BCUT2D eigenvalue weighted by molar-refractivity contribution is 0.546. The minimum atomic E-state index is 0.742. The van der Waals surface area contributed by atoms with Crippen LogP contribution in [0.3, 0.4) is 0 Å². The standard InChI is InChI=1S/C7H8BrO/c1-6-4-7(2-3-8)5-9-6/h4-5H,1-3H2. The molecular formula is C7H8BrO. The molecule has 0 bridgehead atoms. The predicted molar refractivity (Wildman–Crippen MR) is 40.7 cm³/mol. The summed E-state index contributed by atoms with van der Waals surface area (Å²) < 4.78 is 4.99. The first-order valence-electron chi connectivity index (χ1n) is 2.78. The minimum Gasteiger partial charge on any atom is -0.469 e. The van der Waals surface area contributed by atoms with Crippen LogP contribution in [0, 0.1) is 6.92 Å². The molecule has 0 N–H and O–H groups in total. The maximum Gasteiger partial charge on any atom is 0.104 e. The zero-order valence-electron chi connectivity index (χ0n) is 5.06. The van der Waals surface area contributed by atoms with Gasteiger partial charge in [-0.1, -0.05) is 15.9 Å². The molecule has 9 heavy (non-hydrogen) atoms. The Morgan fingerprint density at radius 3 is 2.89 bits per heavy atom. The van der Waals surface area contributed by atoms with E-state index in [1.54, 1.807) is 6.26 Å². The van der Waals surface area contributed by atoms with Crippen molar-refractivity contribution in [2.24, 2.45) is 0 Å². The third-order valence-corrected chi connectivity index (χ3v) is 1.49. The van der Waals surface area contributed by atoms with Crippen molar-refractivity contribution in [1.82, 2.24) is 0 Å². The Labute approximate surface area is 63.2 Å². The SMILES string of the molecule is [CH2]c1cc(CCBr)co1. The van der Waals surface area contributed by atoms with Gasteiger partial charge in [0.25, 0.3) is 0 Å². The average Bonchev–Trinajstić information content (AvgIpc) is 2.17. The van der Waals surface area contributed by atoms with Gasteiger partial charge in [0.2, 0.25) is 0 Å². The molecule has 0 unspecified atom stereocenters. The average molecular weight is 188 g/mol. The van der Waals surface area contributed by atoms with Crippen molar-refractivity contribution >= 4 is 15.9 Å². The Hall–Kier alpha value is -0.240. The lowest BCUT2D eigenvalue weighted by Crippen LogP contribution is -1.78. The van der Waals surface area contributed by atoms with Crippen LogP contribution in [0.4, 0.5) is 0 Å². The van der Waals surface area contributed by atoms with E-state index in [4.69, 9.17) is 4.42 Å². The fraction of sp³-hybridized carbons (Fsp3) is 0.286. The molecule has 0 aliphatic carbocycles. The molecule has 1 heterocycles. The van der Waals surface area contributed by atoms with Gasteiger partial charge in [0.05, 0.1) is 6.26 Å². The lowest BCUT2D eigenvalue weighted by atomic mass is 10.2. The van der Waals surface area contributed by atoms with E-state index in [9.17, 15) is 0 Å². The molecule has 0 spiro atoms. The third kappa shape index (κ3) is 1.86. The Bertz CT molecular complexity index is 181. The minimum absolute atomic E-state index is 0.742. The Kier molecular flexibility index (Phi) is 2.34. The van der Waals surface area contributed by atoms with E-state index in [1.807, 2.05) is 6.07 Å². The Morgan fingerprint density at radius 2 is 2.44 bits per heavy atom. The van der Waals surface area contributed by atoms with Gasteiger partial charge in [0.1, 0.15) is 5.76 Å². The van der Waals surface area contributed by atoms with Gasteiger partial charge in [-0.2, -0.15) is 0 Å². The fourth-order valence-electron chi connectivity index (χ4n) is 0.666. The van der Waals surface area contributed by atoms with E-state index in [2.05, 4.69) is 22.9 Å². The molecule has 0 aromatic carbocycles. The number of halogens is 1. The van der Waals surface area contributed by atoms with Crippen molar-refractivity contribution in [2.75, 3.05) is 5.33 Å². The molecule has 0 aliphatic heterocycles. The number of alkyl halides is 1. The molecular weight excluding hydrogens is 180 g/mol. The second kappa shape index (κ2) is 3.06. The van der Waals surface area contributed by atoms with Gasteiger partial charge in [-0.3, -0.25) is 0 Å². The molecule has 1 radical (unpaired) electrons. The first-order chi connectivity index (χ1) is 4.33. The summed E-state index contributed by atoms with van der Waals surface area (Å²) in [6.45, 7) is 3.64. The summed E-state index contributed by atoms with van der Waals surface area (Å²) in [5.41, 5.74) is 1.21. The summed E-state index contributed by atoms with van der Waals surface area (Å²) >= 11 is 3.33. The largest absolute Gasteiger partial charge is 0.469 e. The van der Waals surface area contributed by atoms with E-state index >= 15 is 0 Å². The van der Waals surface area contributed by atoms with Gasteiger partial charge in [0.15, 0.2) is 0 Å². The molecule has 0 saturated heterocycles. The van der Waals surface area contributed by atoms with Gasteiger partial charge in [-0.15, -0.1) is 0 Å². The highest BCUT2D eigenvalue weighted by Gasteiger charge is 1.94. The quantitative estimate of drug-likeness (QED) is 0.649. The van der Waals surface area contributed by atoms with E-state index in [0.29, 0.717) is 0 Å². The zero-order chi connectivity index (χ0) is 6.69. The second-order valence-corrected chi connectivity index (χ2v) is 2.65. The molecule has 0 saturated carbocycles. The van der Waals surface area contributed by atoms with Gasteiger partial charge in [-0.25, -0.2) is 0 Å². The molecule has 1 aromatic rings. The number of hydrogen-bond donors (Lipinski definition) is 0. The molecule has 0 amide bonds. The summed E-state index contributed by atoms with van der Waals surface area (Å²) in [7, 11) is 0. The van der Waals surface area contributed by atoms with Crippen LogP contribution in [0.25, 0.3) is 0 Å².